The Hall–Kier alpha value is -4.73. The van der Waals surface area contributed by atoms with E-state index in [1.807, 2.05) is 67.7 Å². The van der Waals surface area contributed by atoms with E-state index in [2.05, 4.69) is 16.8 Å². The number of aromatic carboxylic acids is 1. The van der Waals surface area contributed by atoms with Crippen LogP contribution in [-0.4, -0.2) is 86.5 Å². The highest BCUT2D eigenvalue weighted by Crippen LogP contribution is 2.37. The van der Waals surface area contributed by atoms with Crippen LogP contribution in [0.5, 0.6) is 5.88 Å². The van der Waals surface area contributed by atoms with Crippen LogP contribution < -0.4 is 0 Å². The van der Waals surface area contributed by atoms with E-state index in [9.17, 15) is 19.8 Å². The summed E-state index contributed by atoms with van der Waals surface area (Å²) in [5.41, 5.74) is 4.88. The molecule has 0 unspecified atom stereocenters. The molecule has 0 aliphatic carbocycles. The van der Waals surface area contributed by atoms with Crippen molar-refractivity contribution in [2.45, 2.75) is 6.92 Å². The van der Waals surface area contributed by atoms with Crippen LogP contribution in [0.4, 0.5) is 5.69 Å². The minimum absolute atomic E-state index is 0.0000223. The van der Waals surface area contributed by atoms with Crippen LogP contribution >= 0.6 is 0 Å². The molecular formula is C33H33N5O4. The first kappa shape index (κ1) is 27.4. The van der Waals surface area contributed by atoms with Crippen LogP contribution in [0.25, 0.3) is 21.8 Å². The average molecular weight is 564 g/mol. The monoisotopic (exact) mass is 563 g/mol. The molecule has 0 amide bonds. The molecule has 6 rings (SSSR count). The largest absolute Gasteiger partial charge is 0.494 e. The normalized spacial score (nSPS) is 15.1. The standard InChI is InChI=1S/C33H33N5O4/c1-21-17-24(33(41)42)19-27-29(21)30(32(40)36(27)3)31(22-7-5-4-6-8-22)34-25-9-10-26-23(18-25)11-12-38(26)28(39)20-37-15-13-35(2)14-16-37/h4-12,17-19,40H,13-16,20H2,1-3H3,(H,41,42). The summed E-state index contributed by atoms with van der Waals surface area (Å²) >= 11 is 0. The second kappa shape index (κ2) is 10.9. The maximum absolute atomic E-state index is 13.2. The van der Waals surface area contributed by atoms with E-state index < -0.39 is 5.97 Å². The van der Waals surface area contributed by atoms with Crippen molar-refractivity contribution in [1.29, 1.82) is 0 Å². The number of aryl methyl sites for hydroxylation is 2. The van der Waals surface area contributed by atoms with E-state index in [-0.39, 0.29) is 17.4 Å². The summed E-state index contributed by atoms with van der Waals surface area (Å²) in [4.78, 5) is 34.4. The molecule has 2 aromatic heterocycles. The second-order valence-corrected chi connectivity index (χ2v) is 11.0. The zero-order valence-corrected chi connectivity index (χ0v) is 23.9. The Kier molecular flexibility index (Phi) is 7.14. The number of carboxylic acids is 1. The van der Waals surface area contributed by atoms with Gasteiger partial charge in [-0.25, -0.2) is 9.79 Å². The van der Waals surface area contributed by atoms with Gasteiger partial charge in [0.05, 0.1) is 40.1 Å². The number of fused-ring (bicyclic) bond motifs is 2. The number of aliphatic imine (C=N–C) groups is 1. The van der Waals surface area contributed by atoms with Gasteiger partial charge in [-0.3, -0.25) is 14.3 Å². The number of carboxylic acid groups (broad SMARTS) is 1. The fraction of sp³-hybridized carbons (Fsp3) is 0.242. The van der Waals surface area contributed by atoms with Crippen molar-refractivity contribution in [3.63, 3.8) is 0 Å². The predicted molar refractivity (Wildman–Crippen MR) is 165 cm³/mol. The lowest BCUT2D eigenvalue weighted by Crippen LogP contribution is -2.46. The highest BCUT2D eigenvalue weighted by Gasteiger charge is 2.24. The minimum atomic E-state index is -1.03. The van der Waals surface area contributed by atoms with Crippen LogP contribution in [0.2, 0.25) is 0 Å². The summed E-state index contributed by atoms with van der Waals surface area (Å²) in [7, 11) is 3.81. The number of benzene rings is 3. The molecule has 0 bridgehead atoms. The van der Waals surface area contributed by atoms with Gasteiger partial charge in [0, 0.05) is 55.8 Å². The number of likely N-dealkylation sites (N-methyl/N-ethyl adjacent to an activating group) is 1. The second-order valence-electron chi connectivity index (χ2n) is 11.0. The highest BCUT2D eigenvalue weighted by molar-refractivity contribution is 6.23. The van der Waals surface area contributed by atoms with Crippen LogP contribution in [-0.2, 0) is 7.05 Å². The van der Waals surface area contributed by atoms with E-state index in [0.29, 0.717) is 29.0 Å². The zero-order valence-electron chi connectivity index (χ0n) is 23.9. The van der Waals surface area contributed by atoms with Crippen LogP contribution in [0.3, 0.4) is 0 Å². The third kappa shape index (κ3) is 4.97. The van der Waals surface area contributed by atoms with E-state index in [1.54, 1.807) is 28.3 Å². The van der Waals surface area contributed by atoms with Crippen LogP contribution in [0.1, 0.15) is 31.8 Å². The lowest BCUT2D eigenvalue weighted by molar-refractivity contribution is 0.0696. The topological polar surface area (TPSA) is 103 Å². The van der Waals surface area contributed by atoms with Gasteiger partial charge in [0.25, 0.3) is 0 Å². The van der Waals surface area contributed by atoms with E-state index in [1.165, 1.54) is 0 Å². The summed E-state index contributed by atoms with van der Waals surface area (Å²) in [6, 6.07) is 20.5. The summed E-state index contributed by atoms with van der Waals surface area (Å²) in [5, 5.41) is 22.6. The molecule has 2 N–H and O–H groups in total. The van der Waals surface area contributed by atoms with Gasteiger partial charge >= 0.3 is 5.97 Å². The maximum Gasteiger partial charge on any atom is 0.335 e. The molecule has 9 heteroatoms. The molecule has 3 heterocycles. The van der Waals surface area contributed by atoms with Gasteiger partial charge in [-0.05, 0) is 55.9 Å². The molecule has 1 aliphatic heterocycles. The van der Waals surface area contributed by atoms with Crippen molar-refractivity contribution < 1.29 is 19.8 Å². The van der Waals surface area contributed by atoms with Gasteiger partial charge in [0.1, 0.15) is 0 Å². The molecule has 0 radical (unpaired) electrons. The van der Waals surface area contributed by atoms with Crippen molar-refractivity contribution in [3.05, 3.63) is 95.2 Å². The molecule has 214 valence electrons. The third-order valence-corrected chi connectivity index (χ3v) is 8.14. The molecule has 1 saturated heterocycles. The van der Waals surface area contributed by atoms with Crippen molar-refractivity contribution in [1.82, 2.24) is 18.9 Å². The van der Waals surface area contributed by atoms with Crippen molar-refractivity contribution in [2.24, 2.45) is 12.0 Å². The van der Waals surface area contributed by atoms with Crippen molar-refractivity contribution in [2.75, 3.05) is 39.8 Å². The molecule has 0 saturated carbocycles. The van der Waals surface area contributed by atoms with Gasteiger partial charge in [0.15, 0.2) is 0 Å². The molecule has 1 aliphatic rings. The first-order valence-corrected chi connectivity index (χ1v) is 14.0. The maximum atomic E-state index is 13.2. The molecule has 1 fully saturated rings. The van der Waals surface area contributed by atoms with E-state index >= 15 is 0 Å². The van der Waals surface area contributed by atoms with Gasteiger partial charge in [-0.1, -0.05) is 30.3 Å². The zero-order chi connectivity index (χ0) is 29.5. The van der Waals surface area contributed by atoms with Crippen molar-refractivity contribution in [3.8, 4) is 5.88 Å². The lowest BCUT2D eigenvalue weighted by atomic mass is 9.97. The summed E-state index contributed by atoms with van der Waals surface area (Å²) < 4.78 is 3.30. The SMILES string of the molecule is Cc1cc(C(=O)O)cc2c1c(C(=Nc1ccc3c(ccn3C(=O)CN3CCN(C)CC3)c1)c1ccccc1)c(O)n2C. The van der Waals surface area contributed by atoms with Crippen LogP contribution in [0.15, 0.2) is 77.9 Å². The first-order valence-electron chi connectivity index (χ1n) is 14.0. The Bertz CT molecular complexity index is 1860. The quantitative estimate of drug-likeness (QED) is 0.285. The van der Waals surface area contributed by atoms with Crippen molar-refractivity contribution >= 4 is 45.1 Å². The Morgan fingerprint density at radius 1 is 0.881 bits per heavy atom. The number of carbonyl (C=O) groups is 2. The molecule has 9 nitrogen and oxygen atoms in total. The third-order valence-electron chi connectivity index (χ3n) is 8.14. The summed E-state index contributed by atoms with van der Waals surface area (Å²) in [6.07, 6.45) is 1.81. The van der Waals surface area contributed by atoms with Gasteiger partial charge < -0.3 is 19.7 Å². The number of rotatable bonds is 6. The number of carbonyl (C=O) groups excluding carboxylic acids is 1. The molecular weight excluding hydrogens is 530 g/mol. The number of aromatic hydroxyl groups is 1. The average Bonchev–Trinajstić information content (AvgIpc) is 3.52. The first-order chi connectivity index (χ1) is 20.2. The van der Waals surface area contributed by atoms with E-state index in [4.69, 9.17) is 4.99 Å². The van der Waals surface area contributed by atoms with Gasteiger partial charge in [0.2, 0.25) is 11.8 Å². The number of nitrogens with zero attached hydrogens (tertiary/aromatic N) is 5. The number of hydrogen-bond acceptors (Lipinski definition) is 6. The molecule has 0 atom stereocenters. The minimum Gasteiger partial charge on any atom is -0.494 e. The summed E-state index contributed by atoms with van der Waals surface area (Å²) in [5.74, 6) is -0.992. The fourth-order valence-electron chi connectivity index (χ4n) is 5.78. The highest BCUT2D eigenvalue weighted by atomic mass is 16.4. The molecule has 3 aromatic carbocycles. The Labute approximate surface area is 243 Å². The van der Waals surface area contributed by atoms with Crippen LogP contribution in [0, 0.1) is 6.92 Å². The molecule has 5 aromatic rings. The molecule has 0 spiro atoms. The lowest BCUT2D eigenvalue weighted by Gasteiger charge is -2.31. The number of piperazine rings is 1. The Balaban J connectivity index is 1.43. The fourth-order valence-corrected chi connectivity index (χ4v) is 5.78. The predicted octanol–water partition coefficient (Wildman–Crippen LogP) is 4.90. The number of hydrogen-bond donors (Lipinski definition) is 2. The molecule has 42 heavy (non-hydrogen) atoms. The van der Waals surface area contributed by atoms with Gasteiger partial charge in [-0.15, -0.1) is 0 Å². The number of aromatic nitrogens is 2. The summed E-state index contributed by atoms with van der Waals surface area (Å²) in [6.45, 7) is 5.88. The van der Waals surface area contributed by atoms with Gasteiger partial charge in [-0.2, -0.15) is 0 Å². The van der Waals surface area contributed by atoms with E-state index in [0.717, 1.165) is 53.6 Å². The smallest absolute Gasteiger partial charge is 0.335 e. The Morgan fingerprint density at radius 2 is 1.62 bits per heavy atom. The Morgan fingerprint density at radius 3 is 2.33 bits per heavy atom.